The second kappa shape index (κ2) is 4.69. The van der Waals surface area contributed by atoms with E-state index in [1.165, 1.54) is 6.33 Å². The van der Waals surface area contributed by atoms with Crippen molar-refractivity contribution >= 4 is 10.9 Å². The first-order valence-electron chi connectivity index (χ1n) is 6.19. The van der Waals surface area contributed by atoms with E-state index >= 15 is 0 Å². The van der Waals surface area contributed by atoms with Gasteiger partial charge in [-0.25, -0.2) is 9.97 Å². The fourth-order valence-electron chi connectivity index (χ4n) is 2.10. The van der Waals surface area contributed by atoms with Crippen LogP contribution in [0, 0.1) is 13.8 Å². The van der Waals surface area contributed by atoms with Crippen molar-refractivity contribution in [3.63, 3.8) is 0 Å². The van der Waals surface area contributed by atoms with Gasteiger partial charge in [-0.3, -0.25) is 0 Å². The second-order valence-electron chi connectivity index (χ2n) is 4.52. The Labute approximate surface area is 111 Å². The fourth-order valence-corrected chi connectivity index (χ4v) is 2.10. The Bertz CT molecular complexity index is 732. The van der Waals surface area contributed by atoms with Crippen LogP contribution in [0.5, 0.6) is 11.6 Å². The summed E-state index contributed by atoms with van der Waals surface area (Å²) in [5.74, 6) is 1.43. The van der Waals surface area contributed by atoms with Crippen LogP contribution in [0.15, 0.2) is 48.8 Å². The lowest BCUT2D eigenvalue weighted by Crippen LogP contribution is -1.94. The lowest BCUT2D eigenvalue weighted by molar-refractivity contribution is 0.464. The SMILES string of the molecule is Cc1ccccc1Oc1ncnc2cccc(C)c12. The molecule has 0 fully saturated rings. The normalized spacial score (nSPS) is 10.6. The van der Waals surface area contributed by atoms with E-state index < -0.39 is 0 Å². The third-order valence-corrected chi connectivity index (χ3v) is 3.14. The summed E-state index contributed by atoms with van der Waals surface area (Å²) in [6.07, 6.45) is 1.54. The Morgan fingerprint density at radius 1 is 0.842 bits per heavy atom. The average Bonchev–Trinajstić information content (AvgIpc) is 2.42. The van der Waals surface area contributed by atoms with Crippen molar-refractivity contribution in [2.45, 2.75) is 13.8 Å². The maximum Gasteiger partial charge on any atom is 0.230 e. The zero-order valence-corrected chi connectivity index (χ0v) is 10.9. The number of para-hydroxylation sites is 1. The van der Waals surface area contributed by atoms with E-state index in [-0.39, 0.29) is 0 Å². The molecule has 3 heteroatoms. The molecule has 0 saturated carbocycles. The van der Waals surface area contributed by atoms with Gasteiger partial charge >= 0.3 is 0 Å². The first kappa shape index (κ1) is 11.7. The van der Waals surface area contributed by atoms with E-state index in [0.29, 0.717) is 5.88 Å². The van der Waals surface area contributed by atoms with Crippen LogP contribution < -0.4 is 4.74 Å². The van der Waals surface area contributed by atoms with Crippen molar-refractivity contribution in [1.82, 2.24) is 9.97 Å². The van der Waals surface area contributed by atoms with Crippen molar-refractivity contribution in [2.75, 3.05) is 0 Å². The van der Waals surface area contributed by atoms with Gasteiger partial charge in [0, 0.05) is 0 Å². The van der Waals surface area contributed by atoms with Crippen LogP contribution in [0.1, 0.15) is 11.1 Å². The van der Waals surface area contributed by atoms with Crippen LogP contribution in [0.25, 0.3) is 10.9 Å². The Kier molecular flexibility index (Phi) is 2.88. The van der Waals surface area contributed by atoms with Crippen molar-refractivity contribution in [2.24, 2.45) is 0 Å². The molecule has 3 nitrogen and oxygen atoms in total. The number of nitrogens with zero attached hydrogens (tertiary/aromatic N) is 2. The molecular formula is C16H14N2O. The minimum absolute atomic E-state index is 0.609. The van der Waals surface area contributed by atoms with E-state index in [4.69, 9.17) is 4.74 Å². The van der Waals surface area contributed by atoms with Crippen LogP contribution >= 0.6 is 0 Å². The van der Waals surface area contributed by atoms with E-state index in [9.17, 15) is 0 Å². The largest absolute Gasteiger partial charge is 0.438 e. The molecular weight excluding hydrogens is 236 g/mol. The Morgan fingerprint density at radius 2 is 1.63 bits per heavy atom. The molecule has 0 radical (unpaired) electrons. The van der Waals surface area contributed by atoms with Crippen molar-refractivity contribution in [3.8, 4) is 11.6 Å². The standard InChI is InChI=1S/C16H14N2O/c1-11-6-3-4-9-14(11)19-16-15-12(2)7-5-8-13(15)17-10-18-16/h3-10H,1-2H3. The van der Waals surface area contributed by atoms with Gasteiger partial charge in [-0.15, -0.1) is 0 Å². The zero-order chi connectivity index (χ0) is 13.2. The number of hydrogen-bond donors (Lipinski definition) is 0. The molecule has 19 heavy (non-hydrogen) atoms. The highest BCUT2D eigenvalue weighted by Crippen LogP contribution is 2.30. The topological polar surface area (TPSA) is 35.0 Å². The molecule has 0 aliphatic heterocycles. The summed E-state index contributed by atoms with van der Waals surface area (Å²) in [6, 6.07) is 13.9. The molecule has 0 unspecified atom stereocenters. The molecule has 3 aromatic rings. The molecule has 1 aromatic heterocycles. The van der Waals surface area contributed by atoms with Crippen LogP contribution in [-0.4, -0.2) is 9.97 Å². The van der Waals surface area contributed by atoms with Gasteiger partial charge in [-0.05, 0) is 37.1 Å². The van der Waals surface area contributed by atoms with Gasteiger partial charge in [-0.1, -0.05) is 30.3 Å². The third kappa shape index (κ3) is 2.15. The molecule has 0 bridgehead atoms. The van der Waals surface area contributed by atoms with E-state index in [2.05, 4.69) is 9.97 Å². The van der Waals surface area contributed by atoms with Gasteiger partial charge in [0.1, 0.15) is 12.1 Å². The van der Waals surface area contributed by atoms with Crippen LogP contribution in [0.4, 0.5) is 0 Å². The lowest BCUT2D eigenvalue weighted by atomic mass is 10.1. The number of benzene rings is 2. The molecule has 1 heterocycles. The summed E-state index contributed by atoms with van der Waals surface area (Å²) in [6.45, 7) is 4.06. The second-order valence-corrected chi connectivity index (χ2v) is 4.52. The van der Waals surface area contributed by atoms with E-state index in [0.717, 1.165) is 27.8 Å². The molecule has 3 rings (SSSR count). The summed E-state index contributed by atoms with van der Waals surface area (Å²) < 4.78 is 5.95. The first-order chi connectivity index (χ1) is 9.25. The Morgan fingerprint density at radius 3 is 2.47 bits per heavy atom. The van der Waals surface area contributed by atoms with Crippen LogP contribution in [-0.2, 0) is 0 Å². The first-order valence-corrected chi connectivity index (χ1v) is 6.19. The summed E-state index contributed by atoms with van der Waals surface area (Å²) in [4.78, 5) is 8.55. The predicted molar refractivity (Wildman–Crippen MR) is 75.5 cm³/mol. The molecule has 0 spiro atoms. The number of aromatic nitrogens is 2. The van der Waals surface area contributed by atoms with Crippen molar-refractivity contribution < 1.29 is 4.74 Å². The average molecular weight is 250 g/mol. The summed E-state index contributed by atoms with van der Waals surface area (Å²) >= 11 is 0. The Hall–Kier alpha value is -2.42. The fraction of sp³-hybridized carbons (Fsp3) is 0.125. The maximum atomic E-state index is 5.95. The van der Waals surface area contributed by atoms with Gasteiger partial charge in [0.2, 0.25) is 5.88 Å². The summed E-state index contributed by atoms with van der Waals surface area (Å²) in [7, 11) is 0. The highest BCUT2D eigenvalue weighted by atomic mass is 16.5. The van der Waals surface area contributed by atoms with E-state index in [1.807, 2.05) is 56.3 Å². The minimum Gasteiger partial charge on any atom is -0.438 e. The molecule has 94 valence electrons. The Balaban J connectivity index is 2.14. The maximum absolute atomic E-state index is 5.95. The zero-order valence-electron chi connectivity index (χ0n) is 10.9. The number of rotatable bonds is 2. The van der Waals surface area contributed by atoms with Gasteiger partial charge in [0.05, 0.1) is 10.9 Å². The third-order valence-electron chi connectivity index (χ3n) is 3.14. The summed E-state index contributed by atoms with van der Waals surface area (Å²) in [5, 5.41) is 0.966. The lowest BCUT2D eigenvalue weighted by Gasteiger charge is -2.10. The van der Waals surface area contributed by atoms with Crippen molar-refractivity contribution in [1.29, 1.82) is 0 Å². The molecule has 0 N–H and O–H groups in total. The summed E-state index contributed by atoms with van der Waals surface area (Å²) in [5.41, 5.74) is 3.10. The number of fused-ring (bicyclic) bond motifs is 1. The van der Waals surface area contributed by atoms with E-state index in [1.54, 1.807) is 0 Å². The molecule has 0 aliphatic carbocycles. The van der Waals surface area contributed by atoms with Gasteiger partial charge in [-0.2, -0.15) is 0 Å². The van der Waals surface area contributed by atoms with Gasteiger partial charge in [0.15, 0.2) is 0 Å². The molecule has 0 saturated heterocycles. The van der Waals surface area contributed by atoms with Gasteiger partial charge < -0.3 is 4.74 Å². The molecule has 0 atom stereocenters. The minimum atomic E-state index is 0.609. The highest BCUT2D eigenvalue weighted by Gasteiger charge is 2.09. The molecule has 2 aromatic carbocycles. The highest BCUT2D eigenvalue weighted by molar-refractivity contribution is 5.86. The smallest absolute Gasteiger partial charge is 0.230 e. The quantitative estimate of drug-likeness (QED) is 0.688. The number of ether oxygens (including phenoxy) is 1. The predicted octanol–water partition coefficient (Wildman–Crippen LogP) is 4.04. The molecule has 0 aliphatic rings. The van der Waals surface area contributed by atoms with Crippen LogP contribution in [0.3, 0.4) is 0 Å². The monoisotopic (exact) mass is 250 g/mol. The number of aryl methyl sites for hydroxylation is 2. The number of hydrogen-bond acceptors (Lipinski definition) is 3. The van der Waals surface area contributed by atoms with Crippen LogP contribution in [0.2, 0.25) is 0 Å². The van der Waals surface area contributed by atoms with Crippen molar-refractivity contribution in [3.05, 3.63) is 59.9 Å². The molecule has 0 amide bonds. The van der Waals surface area contributed by atoms with Gasteiger partial charge in [0.25, 0.3) is 0 Å².